The SMILES string of the molecule is Cc1nc(N(c2cc(C)n(C)n2)c2ncc(N3CCN(C)C(C)C3)c(N)n2)cc(C2CC2)c1F. The third-order valence-corrected chi connectivity index (χ3v) is 7.00. The highest BCUT2D eigenvalue weighted by Crippen LogP contribution is 2.44. The van der Waals surface area contributed by atoms with E-state index in [2.05, 4.69) is 43.8 Å². The molecule has 0 bridgehead atoms. The molecule has 2 aliphatic rings. The van der Waals surface area contributed by atoms with E-state index in [0.717, 1.165) is 43.9 Å². The first-order chi connectivity index (χ1) is 16.2. The summed E-state index contributed by atoms with van der Waals surface area (Å²) in [5, 5.41) is 4.64. The number of halogens is 1. The van der Waals surface area contributed by atoms with E-state index in [0.29, 0.717) is 40.7 Å². The number of nitrogens with zero attached hydrogens (tertiary/aromatic N) is 8. The van der Waals surface area contributed by atoms with Gasteiger partial charge in [-0.15, -0.1) is 0 Å². The molecule has 0 spiro atoms. The summed E-state index contributed by atoms with van der Waals surface area (Å²) in [6.45, 7) is 8.53. The number of anilines is 5. The predicted octanol–water partition coefficient (Wildman–Crippen LogP) is 3.43. The van der Waals surface area contributed by atoms with Crippen molar-refractivity contribution in [2.45, 2.75) is 45.6 Å². The van der Waals surface area contributed by atoms with Crippen LogP contribution in [0.15, 0.2) is 18.3 Å². The molecule has 1 saturated heterocycles. The molecule has 1 unspecified atom stereocenters. The van der Waals surface area contributed by atoms with Crippen LogP contribution in [0.25, 0.3) is 0 Å². The topological polar surface area (TPSA) is 92.2 Å². The molecule has 34 heavy (non-hydrogen) atoms. The fourth-order valence-corrected chi connectivity index (χ4v) is 4.44. The number of hydrogen-bond acceptors (Lipinski definition) is 8. The fourth-order valence-electron chi connectivity index (χ4n) is 4.44. The fraction of sp³-hybridized carbons (Fsp3) is 0.500. The lowest BCUT2D eigenvalue weighted by Crippen LogP contribution is -2.50. The van der Waals surface area contributed by atoms with Crippen LogP contribution in [0.2, 0.25) is 0 Å². The van der Waals surface area contributed by atoms with E-state index in [4.69, 9.17) is 5.73 Å². The van der Waals surface area contributed by atoms with Crippen LogP contribution < -0.4 is 15.5 Å². The minimum atomic E-state index is -0.233. The lowest BCUT2D eigenvalue weighted by atomic mass is 10.1. The van der Waals surface area contributed by atoms with Crippen molar-refractivity contribution in [2.75, 3.05) is 42.2 Å². The summed E-state index contributed by atoms with van der Waals surface area (Å²) >= 11 is 0. The zero-order valence-electron chi connectivity index (χ0n) is 20.5. The number of pyridine rings is 1. The van der Waals surface area contributed by atoms with Gasteiger partial charge in [-0.25, -0.2) is 19.3 Å². The van der Waals surface area contributed by atoms with Crippen molar-refractivity contribution in [1.82, 2.24) is 29.6 Å². The highest BCUT2D eigenvalue weighted by atomic mass is 19.1. The van der Waals surface area contributed by atoms with Crippen LogP contribution in [0.4, 0.5) is 33.5 Å². The van der Waals surface area contributed by atoms with Crippen molar-refractivity contribution in [3.63, 3.8) is 0 Å². The summed E-state index contributed by atoms with van der Waals surface area (Å²) in [6.07, 6.45) is 3.75. The van der Waals surface area contributed by atoms with Gasteiger partial charge in [-0.2, -0.15) is 10.1 Å². The van der Waals surface area contributed by atoms with E-state index in [9.17, 15) is 4.39 Å². The Labute approximate surface area is 199 Å². The highest BCUT2D eigenvalue weighted by molar-refractivity contribution is 5.72. The number of likely N-dealkylation sites (N-methyl/N-ethyl adjacent to an activating group) is 1. The molecule has 1 aliphatic carbocycles. The molecule has 10 heteroatoms. The normalized spacial score (nSPS) is 19.0. The van der Waals surface area contributed by atoms with Gasteiger partial charge < -0.3 is 15.5 Å². The van der Waals surface area contributed by atoms with Gasteiger partial charge in [0.2, 0.25) is 5.95 Å². The van der Waals surface area contributed by atoms with Gasteiger partial charge in [0.1, 0.15) is 11.6 Å². The predicted molar refractivity (Wildman–Crippen MR) is 131 cm³/mol. The number of hydrogen-bond donors (Lipinski definition) is 1. The van der Waals surface area contributed by atoms with Crippen LogP contribution in [-0.2, 0) is 7.05 Å². The minimum Gasteiger partial charge on any atom is -0.382 e. The molecule has 1 saturated carbocycles. The molecule has 0 radical (unpaired) electrons. The van der Waals surface area contributed by atoms with Crippen LogP contribution in [0.1, 0.15) is 42.6 Å². The van der Waals surface area contributed by atoms with E-state index in [1.165, 1.54) is 0 Å². The third-order valence-electron chi connectivity index (χ3n) is 7.00. The van der Waals surface area contributed by atoms with Gasteiger partial charge in [-0.05, 0) is 58.2 Å². The molecule has 2 N–H and O–H groups in total. The Balaban J connectivity index is 1.57. The van der Waals surface area contributed by atoms with Crippen molar-refractivity contribution >= 4 is 29.1 Å². The Morgan fingerprint density at radius 1 is 1.09 bits per heavy atom. The standard InChI is InChI=1S/C24H32FN9/c1-14-10-21(30-32(14)5)34(20-11-18(17-6-7-17)22(25)16(3)28-20)24-27-12-19(23(26)29-24)33-9-8-31(4)15(2)13-33/h10-12,15,17H,6-9,13H2,1-5H3,(H2,26,27,29). The largest absolute Gasteiger partial charge is 0.382 e. The first-order valence-corrected chi connectivity index (χ1v) is 11.8. The van der Waals surface area contributed by atoms with Crippen molar-refractivity contribution in [2.24, 2.45) is 7.05 Å². The number of rotatable bonds is 5. The zero-order valence-corrected chi connectivity index (χ0v) is 20.5. The van der Waals surface area contributed by atoms with Gasteiger partial charge in [0.15, 0.2) is 11.6 Å². The van der Waals surface area contributed by atoms with Crippen molar-refractivity contribution in [3.8, 4) is 0 Å². The maximum atomic E-state index is 14.8. The summed E-state index contributed by atoms with van der Waals surface area (Å²) < 4.78 is 16.6. The van der Waals surface area contributed by atoms with Crippen molar-refractivity contribution in [1.29, 1.82) is 0 Å². The van der Waals surface area contributed by atoms with Gasteiger partial charge in [0, 0.05) is 44.5 Å². The van der Waals surface area contributed by atoms with Gasteiger partial charge in [0.25, 0.3) is 0 Å². The average Bonchev–Trinajstić information content (AvgIpc) is 3.58. The second-order valence-corrected chi connectivity index (χ2v) is 9.56. The highest BCUT2D eigenvalue weighted by Gasteiger charge is 2.31. The Morgan fingerprint density at radius 2 is 1.85 bits per heavy atom. The number of nitrogens with two attached hydrogens (primary N) is 1. The summed E-state index contributed by atoms with van der Waals surface area (Å²) in [5.74, 6) is 1.92. The molecule has 0 aromatic carbocycles. The lowest BCUT2D eigenvalue weighted by Gasteiger charge is -2.39. The van der Waals surface area contributed by atoms with Crippen molar-refractivity contribution in [3.05, 3.63) is 41.1 Å². The monoisotopic (exact) mass is 465 g/mol. The van der Waals surface area contributed by atoms with E-state index in [1.54, 1.807) is 28.8 Å². The lowest BCUT2D eigenvalue weighted by molar-refractivity contribution is 0.234. The summed E-state index contributed by atoms with van der Waals surface area (Å²) in [6, 6.07) is 4.15. The molecule has 1 atom stereocenters. The molecule has 9 nitrogen and oxygen atoms in total. The van der Waals surface area contributed by atoms with E-state index in [-0.39, 0.29) is 11.7 Å². The smallest absolute Gasteiger partial charge is 0.239 e. The van der Waals surface area contributed by atoms with Crippen LogP contribution in [-0.4, -0.2) is 62.4 Å². The van der Waals surface area contributed by atoms with E-state index < -0.39 is 0 Å². The van der Waals surface area contributed by atoms with E-state index in [1.807, 2.05) is 20.0 Å². The van der Waals surface area contributed by atoms with Crippen LogP contribution in [0, 0.1) is 19.7 Å². The Morgan fingerprint density at radius 3 is 2.47 bits per heavy atom. The van der Waals surface area contributed by atoms with Gasteiger partial charge in [-0.1, -0.05) is 0 Å². The summed E-state index contributed by atoms with van der Waals surface area (Å²) in [4.78, 5) is 20.2. The second kappa shape index (κ2) is 8.50. The third kappa shape index (κ3) is 4.06. The maximum Gasteiger partial charge on any atom is 0.239 e. The summed E-state index contributed by atoms with van der Waals surface area (Å²) in [5.41, 5.74) is 9.30. The first-order valence-electron chi connectivity index (χ1n) is 11.8. The molecular weight excluding hydrogens is 433 g/mol. The molecule has 180 valence electrons. The van der Waals surface area contributed by atoms with Gasteiger partial charge >= 0.3 is 0 Å². The molecular formula is C24H32FN9. The Bertz CT molecular complexity index is 1200. The zero-order chi connectivity index (χ0) is 24.1. The molecule has 0 amide bonds. The number of aromatic nitrogens is 5. The summed E-state index contributed by atoms with van der Waals surface area (Å²) in [7, 11) is 4.01. The number of aryl methyl sites for hydroxylation is 3. The molecule has 3 aromatic rings. The molecule has 1 aliphatic heterocycles. The van der Waals surface area contributed by atoms with Crippen LogP contribution in [0.5, 0.6) is 0 Å². The molecule has 4 heterocycles. The van der Waals surface area contributed by atoms with E-state index >= 15 is 0 Å². The molecule has 3 aromatic heterocycles. The van der Waals surface area contributed by atoms with Crippen LogP contribution in [0.3, 0.4) is 0 Å². The van der Waals surface area contributed by atoms with Crippen molar-refractivity contribution < 1.29 is 4.39 Å². The van der Waals surface area contributed by atoms with Gasteiger partial charge in [-0.3, -0.25) is 4.68 Å². The molecule has 2 fully saturated rings. The quantitative estimate of drug-likeness (QED) is 0.613. The first kappa shape index (κ1) is 22.5. The Hall–Kier alpha value is -3.27. The number of nitrogen functional groups attached to an aromatic ring is 1. The average molecular weight is 466 g/mol. The Kier molecular flexibility index (Phi) is 5.63. The molecule has 5 rings (SSSR count). The maximum absolute atomic E-state index is 14.8. The van der Waals surface area contributed by atoms with Gasteiger partial charge in [0.05, 0.1) is 17.6 Å². The number of piperazine rings is 1. The minimum absolute atomic E-state index is 0.233. The second-order valence-electron chi connectivity index (χ2n) is 9.56. The van der Waals surface area contributed by atoms with Crippen LogP contribution >= 0.6 is 0 Å².